The van der Waals surface area contributed by atoms with E-state index in [0.29, 0.717) is 17.2 Å². The van der Waals surface area contributed by atoms with Gasteiger partial charge in [-0.05, 0) is 44.3 Å². The van der Waals surface area contributed by atoms with Gasteiger partial charge in [0.2, 0.25) is 0 Å². The van der Waals surface area contributed by atoms with Crippen LogP contribution < -0.4 is 5.56 Å². The summed E-state index contributed by atoms with van der Waals surface area (Å²) in [6.45, 7) is 8.85. The Morgan fingerprint density at radius 1 is 1.45 bits per heavy atom. The highest BCUT2D eigenvalue weighted by molar-refractivity contribution is 7.71. The summed E-state index contributed by atoms with van der Waals surface area (Å²) in [5.74, 6) is 0.647. The van der Waals surface area contributed by atoms with Crippen molar-refractivity contribution in [2.45, 2.75) is 39.2 Å². The Bertz CT molecular complexity index is 728. The number of nitrogens with zero attached hydrogens (tertiary/aromatic N) is 1. The average molecular weight is 317 g/mol. The summed E-state index contributed by atoms with van der Waals surface area (Å²) in [6, 6.07) is 0. The second kappa shape index (κ2) is 6.34. The molecule has 0 saturated heterocycles. The van der Waals surface area contributed by atoms with E-state index >= 15 is 0 Å². The summed E-state index contributed by atoms with van der Waals surface area (Å²) in [4.78, 5) is 20.2. The standard InChI is InChI=1S/C17H23N3OS/c1-11(2)13-5-3-12(4-6-13)9-20-8-7-15-14(10-20)16(21)19-17(22)18-15/h3,13H,1,4-10H2,2H3,(H2,18,19,21,22). The van der Waals surface area contributed by atoms with Crippen molar-refractivity contribution in [2.24, 2.45) is 5.92 Å². The second-order valence-corrected chi connectivity index (χ2v) is 6.91. The number of aromatic amines is 2. The normalized spacial score (nSPS) is 22.0. The van der Waals surface area contributed by atoms with Gasteiger partial charge in [0, 0.05) is 31.7 Å². The van der Waals surface area contributed by atoms with E-state index in [9.17, 15) is 4.79 Å². The zero-order valence-electron chi connectivity index (χ0n) is 13.1. The molecule has 0 spiro atoms. The van der Waals surface area contributed by atoms with Gasteiger partial charge in [0.05, 0.1) is 5.56 Å². The maximum Gasteiger partial charge on any atom is 0.256 e. The molecule has 0 bridgehead atoms. The minimum Gasteiger partial charge on any atom is -0.335 e. The first kappa shape index (κ1) is 15.4. The number of hydrogen-bond donors (Lipinski definition) is 2. The molecule has 22 heavy (non-hydrogen) atoms. The Morgan fingerprint density at radius 2 is 2.27 bits per heavy atom. The maximum atomic E-state index is 12.0. The van der Waals surface area contributed by atoms with Crippen molar-refractivity contribution in [3.05, 3.63) is 50.2 Å². The molecule has 1 aromatic heterocycles. The number of aromatic nitrogens is 2. The molecule has 1 aliphatic carbocycles. The van der Waals surface area contributed by atoms with Gasteiger partial charge in [0.25, 0.3) is 5.56 Å². The number of allylic oxidation sites excluding steroid dienone is 2. The molecule has 1 aromatic rings. The minimum absolute atomic E-state index is 0.0385. The van der Waals surface area contributed by atoms with E-state index < -0.39 is 0 Å². The van der Waals surface area contributed by atoms with E-state index in [4.69, 9.17) is 12.2 Å². The first-order valence-electron chi connectivity index (χ1n) is 7.93. The highest BCUT2D eigenvalue weighted by Crippen LogP contribution is 2.29. The molecular weight excluding hydrogens is 294 g/mol. The van der Waals surface area contributed by atoms with Crippen LogP contribution in [0.15, 0.2) is 28.6 Å². The topological polar surface area (TPSA) is 51.9 Å². The SMILES string of the molecule is C=C(C)C1CC=C(CN2CCc3[nH]c(=S)[nH]c(=O)c3C2)CC1. The third-order valence-corrected chi connectivity index (χ3v) is 5.02. The van der Waals surface area contributed by atoms with Crippen LogP contribution in [-0.2, 0) is 13.0 Å². The quantitative estimate of drug-likeness (QED) is 0.665. The van der Waals surface area contributed by atoms with Crippen LogP contribution in [0.3, 0.4) is 0 Å². The van der Waals surface area contributed by atoms with E-state index in [-0.39, 0.29) is 5.56 Å². The largest absolute Gasteiger partial charge is 0.335 e. The molecule has 2 heterocycles. The first-order valence-corrected chi connectivity index (χ1v) is 8.34. The van der Waals surface area contributed by atoms with Crippen molar-refractivity contribution in [1.29, 1.82) is 0 Å². The van der Waals surface area contributed by atoms with Crippen molar-refractivity contribution < 1.29 is 0 Å². The Kier molecular flexibility index (Phi) is 4.45. The number of hydrogen-bond acceptors (Lipinski definition) is 3. The third kappa shape index (κ3) is 3.31. The van der Waals surface area contributed by atoms with Crippen molar-refractivity contribution in [3.8, 4) is 0 Å². The fourth-order valence-electron chi connectivity index (χ4n) is 3.41. The van der Waals surface area contributed by atoms with Gasteiger partial charge in [-0.1, -0.05) is 23.8 Å². The van der Waals surface area contributed by atoms with Crippen LogP contribution in [0.2, 0.25) is 0 Å². The number of rotatable bonds is 3. The summed E-state index contributed by atoms with van der Waals surface area (Å²) in [5.41, 5.74) is 4.61. The molecular formula is C17H23N3OS. The molecule has 0 saturated carbocycles. The zero-order valence-corrected chi connectivity index (χ0v) is 13.9. The zero-order chi connectivity index (χ0) is 15.7. The molecule has 0 aromatic carbocycles. The summed E-state index contributed by atoms with van der Waals surface area (Å²) >= 11 is 5.04. The van der Waals surface area contributed by atoms with E-state index in [1.54, 1.807) is 0 Å². The van der Waals surface area contributed by atoms with Crippen LogP contribution in [-0.4, -0.2) is 28.0 Å². The molecule has 0 amide bonds. The van der Waals surface area contributed by atoms with Crippen molar-refractivity contribution in [1.82, 2.24) is 14.9 Å². The predicted molar refractivity (Wildman–Crippen MR) is 91.5 cm³/mol. The summed E-state index contributed by atoms with van der Waals surface area (Å²) in [6.07, 6.45) is 6.71. The Balaban J connectivity index is 1.67. The number of nitrogens with one attached hydrogen (secondary N) is 2. The van der Waals surface area contributed by atoms with Crippen LogP contribution in [0.4, 0.5) is 0 Å². The van der Waals surface area contributed by atoms with Crippen molar-refractivity contribution >= 4 is 12.2 Å². The van der Waals surface area contributed by atoms with Gasteiger partial charge in [-0.3, -0.25) is 14.7 Å². The van der Waals surface area contributed by atoms with Gasteiger partial charge in [-0.2, -0.15) is 0 Å². The van der Waals surface area contributed by atoms with E-state index in [0.717, 1.165) is 43.6 Å². The predicted octanol–water partition coefficient (Wildman–Crippen LogP) is 3.09. The molecule has 2 aliphatic rings. The summed E-state index contributed by atoms with van der Waals surface area (Å²) in [7, 11) is 0. The van der Waals surface area contributed by atoms with Gasteiger partial charge in [0.15, 0.2) is 4.77 Å². The highest BCUT2D eigenvalue weighted by Gasteiger charge is 2.22. The second-order valence-electron chi connectivity index (χ2n) is 6.51. The summed E-state index contributed by atoms with van der Waals surface area (Å²) < 4.78 is 0.429. The van der Waals surface area contributed by atoms with Gasteiger partial charge in [-0.25, -0.2) is 0 Å². The van der Waals surface area contributed by atoms with Crippen LogP contribution in [0.5, 0.6) is 0 Å². The lowest BCUT2D eigenvalue weighted by molar-refractivity contribution is 0.265. The molecule has 0 radical (unpaired) electrons. The van der Waals surface area contributed by atoms with Gasteiger partial charge in [-0.15, -0.1) is 0 Å². The third-order valence-electron chi connectivity index (χ3n) is 4.82. The fourth-order valence-corrected chi connectivity index (χ4v) is 3.63. The molecule has 2 N–H and O–H groups in total. The van der Waals surface area contributed by atoms with E-state index in [2.05, 4.69) is 34.4 Å². The number of H-pyrrole nitrogens is 2. The molecule has 1 aliphatic heterocycles. The molecule has 4 nitrogen and oxygen atoms in total. The van der Waals surface area contributed by atoms with Crippen LogP contribution in [0, 0.1) is 10.7 Å². The fraction of sp³-hybridized carbons (Fsp3) is 0.529. The highest BCUT2D eigenvalue weighted by atomic mass is 32.1. The van der Waals surface area contributed by atoms with Gasteiger partial charge in [0.1, 0.15) is 0 Å². The van der Waals surface area contributed by atoms with E-state index in [1.807, 2.05) is 0 Å². The van der Waals surface area contributed by atoms with Crippen LogP contribution >= 0.6 is 12.2 Å². The molecule has 5 heteroatoms. The lowest BCUT2D eigenvalue weighted by Gasteiger charge is -2.30. The maximum absolute atomic E-state index is 12.0. The lowest BCUT2D eigenvalue weighted by Crippen LogP contribution is -2.37. The van der Waals surface area contributed by atoms with Crippen LogP contribution in [0.25, 0.3) is 0 Å². The Morgan fingerprint density at radius 3 is 2.95 bits per heavy atom. The van der Waals surface area contributed by atoms with Gasteiger partial charge < -0.3 is 4.98 Å². The first-order chi connectivity index (χ1) is 10.5. The molecule has 1 unspecified atom stereocenters. The number of fused-ring (bicyclic) bond motifs is 1. The Hall–Kier alpha value is -1.46. The Labute approximate surface area is 136 Å². The smallest absolute Gasteiger partial charge is 0.256 e. The summed E-state index contributed by atoms with van der Waals surface area (Å²) in [5, 5.41) is 0. The van der Waals surface area contributed by atoms with Gasteiger partial charge >= 0.3 is 0 Å². The minimum atomic E-state index is -0.0385. The lowest BCUT2D eigenvalue weighted by atomic mass is 9.85. The molecule has 1 atom stereocenters. The average Bonchev–Trinajstić information content (AvgIpc) is 2.48. The van der Waals surface area contributed by atoms with E-state index in [1.165, 1.54) is 17.6 Å². The molecule has 0 fully saturated rings. The van der Waals surface area contributed by atoms with Crippen molar-refractivity contribution in [2.75, 3.05) is 13.1 Å². The van der Waals surface area contributed by atoms with Crippen molar-refractivity contribution in [3.63, 3.8) is 0 Å². The van der Waals surface area contributed by atoms with Crippen LogP contribution in [0.1, 0.15) is 37.4 Å². The monoisotopic (exact) mass is 317 g/mol. The molecule has 118 valence electrons. The molecule has 3 rings (SSSR count).